The van der Waals surface area contributed by atoms with E-state index in [2.05, 4.69) is 54.0 Å². The molecule has 0 radical (unpaired) electrons. The van der Waals surface area contributed by atoms with Crippen molar-refractivity contribution in [1.29, 1.82) is 0 Å². The summed E-state index contributed by atoms with van der Waals surface area (Å²) >= 11 is 3.57. The number of hydrogen-bond acceptors (Lipinski definition) is 3. The van der Waals surface area contributed by atoms with Crippen LogP contribution >= 0.6 is 15.9 Å². The topological polar surface area (TPSA) is 44.8 Å². The lowest BCUT2D eigenvalue weighted by molar-refractivity contribution is 0.495. The number of anilines is 1. The average Bonchev–Trinajstić information content (AvgIpc) is 3.09. The second-order valence-corrected chi connectivity index (χ2v) is 6.67. The molecular formula is C17H17BrN4. The Morgan fingerprint density at radius 2 is 2.14 bits per heavy atom. The molecule has 1 atom stereocenters. The van der Waals surface area contributed by atoms with Gasteiger partial charge in [-0.3, -0.25) is 4.98 Å². The summed E-state index contributed by atoms with van der Waals surface area (Å²) in [4.78, 5) is 14.7. The molecule has 1 aliphatic heterocycles. The van der Waals surface area contributed by atoms with Crippen molar-refractivity contribution in [3.63, 3.8) is 0 Å². The van der Waals surface area contributed by atoms with Gasteiger partial charge in [0.05, 0.1) is 5.52 Å². The maximum absolute atomic E-state index is 4.48. The third-order valence-corrected chi connectivity index (χ3v) is 4.84. The van der Waals surface area contributed by atoms with E-state index in [9.17, 15) is 0 Å². The number of pyridine rings is 1. The molecule has 1 aliphatic rings. The molecule has 0 spiro atoms. The highest BCUT2D eigenvalue weighted by atomic mass is 79.9. The number of aromatic nitrogens is 3. The second kappa shape index (κ2) is 5.72. The summed E-state index contributed by atoms with van der Waals surface area (Å²) in [5.74, 6) is 1.57. The maximum Gasteiger partial charge on any atom is 0.110 e. The summed E-state index contributed by atoms with van der Waals surface area (Å²) < 4.78 is 1.09. The largest absolute Gasteiger partial charge is 0.370 e. The van der Waals surface area contributed by atoms with Gasteiger partial charge in [0.15, 0.2) is 0 Å². The number of nitrogens with one attached hydrogen (secondary N) is 1. The summed E-state index contributed by atoms with van der Waals surface area (Å²) in [6.45, 7) is 2.09. The molecule has 22 heavy (non-hydrogen) atoms. The number of fused-ring (bicyclic) bond motifs is 1. The number of nitrogens with zero attached hydrogens (tertiary/aromatic N) is 3. The van der Waals surface area contributed by atoms with Gasteiger partial charge in [0.25, 0.3) is 0 Å². The molecule has 3 aromatic rings. The molecule has 112 valence electrons. The van der Waals surface area contributed by atoms with Crippen LogP contribution in [0.1, 0.15) is 24.6 Å². The lowest BCUT2D eigenvalue weighted by atomic mass is 9.96. The molecule has 3 heterocycles. The normalized spacial score (nSPS) is 18.8. The van der Waals surface area contributed by atoms with E-state index in [4.69, 9.17) is 0 Å². The summed E-state index contributed by atoms with van der Waals surface area (Å²) in [5.41, 5.74) is 2.31. The van der Waals surface area contributed by atoms with Gasteiger partial charge in [-0.2, -0.15) is 0 Å². The Labute approximate surface area is 137 Å². The van der Waals surface area contributed by atoms with Crippen molar-refractivity contribution in [2.75, 3.05) is 18.0 Å². The Morgan fingerprint density at radius 3 is 3.00 bits per heavy atom. The van der Waals surface area contributed by atoms with Crippen LogP contribution in [0.5, 0.6) is 0 Å². The first-order valence-corrected chi connectivity index (χ1v) is 8.39. The molecule has 0 saturated carbocycles. The Morgan fingerprint density at radius 1 is 1.18 bits per heavy atom. The van der Waals surface area contributed by atoms with Gasteiger partial charge in [-0.25, -0.2) is 4.98 Å². The minimum atomic E-state index is 0.471. The molecule has 1 saturated heterocycles. The fraction of sp³-hybridized carbons (Fsp3) is 0.294. The van der Waals surface area contributed by atoms with Gasteiger partial charge in [0.1, 0.15) is 5.82 Å². The third kappa shape index (κ3) is 2.50. The van der Waals surface area contributed by atoms with Crippen molar-refractivity contribution in [3.05, 3.63) is 53.2 Å². The standard InChI is InChI=1S/C17H17BrN4/c18-13-3-4-15-14(10-13)16(5-6-19-15)22-9-1-2-12(11-22)17-20-7-8-21-17/h3-8,10,12H,1-2,9,11H2,(H,20,21). The molecule has 1 N–H and O–H groups in total. The zero-order chi connectivity index (χ0) is 14.9. The highest BCUT2D eigenvalue weighted by Crippen LogP contribution is 2.33. The van der Waals surface area contributed by atoms with E-state index in [-0.39, 0.29) is 0 Å². The average molecular weight is 357 g/mol. The Hall–Kier alpha value is -1.88. The third-order valence-electron chi connectivity index (χ3n) is 4.35. The molecule has 4 nitrogen and oxygen atoms in total. The molecular weight excluding hydrogens is 340 g/mol. The van der Waals surface area contributed by atoms with Crippen LogP contribution in [-0.4, -0.2) is 28.0 Å². The number of piperidine rings is 1. The molecule has 2 aromatic heterocycles. The van der Waals surface area contributed by atoms with E-state index in [1.807, 2.05) is 24.7 Å². The summed E-state index contributed by atoms with van der Waals surface area (Å²) in [6.07, 6.45) is 8.03. The van der Waals surface area contributed by atoms with Crippen LogP contribution in [-0.2, 0) is 0 Å². The predicted molar refractivity (Wildman–Crippen MR) is 92.2 cm³/mol. The maximum atomic E-state index is 4.48. The van der Waals surface area contributed by atoms with Gasteiger partial charge in [-0.05, 0) is 37.1 Å². The first kappa shape index (κ1) is 13.8. The predicted octanol–water partition coefficient (Wildman–Crippen LogP) is 4.10. The first-order chi connectivity index (χ1) is 10.8. The Balaban J connectivity index is 1.70. The van der Waals surface area contributed by atoms with E-state index in [1.165, 1.54) is 23.9 Å². The van der Waals surface area contributed by atoms with E-state index in [0.717, 1.165) is 28.9 Å². The van der Waals surface area contributed by atoms with Crippen LogP contribution in [0.15, 0.2) is 47.3 Å². The minimum absolute atomic E-state index is 0.471. The number of rotatable bonds is 2. The van der Waals surface area contributed by atoms with Crippen LogP contribution in [0.25, 0.3) is 10.9 Å². The highest BCUT2D eigenvalue weighted by molar-refractivity contribution is 9.10. The summed E-state index contributed by atoms with van der Waals surface area (Å²) in [6, 6.07) is 8.39. The van der Waals surface area contributed by atoms with Crippen LogP contribution in [0.3, 0.4) is 0 Å². The Kier molecular flexibility index (Phi) is 3.58. The van der Waals surface area contributed by atoms with Gasteiger partial charge in [0, 0.05) is 53.1 Å². The monoisotopic (exact) mass is 356 g/mol. The molecule has 5 heteroatoms. The van der Waals surface area contributed by atoms with Gasteiger partial charge >= 0.3 is 0 Å². The SMILES string of the molecule is Brc1ccc2nccc(N3CCCC(c4ncc[nH]4)C3)c2c1. The van der Waals surface area contributed by atoms with Crippen LogP contribution < -0.4 is 4.90 Å². The number of imidazole rings is 1. The number of hydrogen-bond donors (Lipinski definition) is 1. The fourth-order valence-corrected chi connectivity index (χ4v) is 3.66. The minimum Gasteiger partial charge on any atom is -0.370 e. The zero-order valence-corrected chi connectivity index (χ0v) is 13.8. The van der Waals surface area contributed by atoms with Crippen molar-refractivity contribution < 1.29 is 0 Å². The summed E-state index contributed by atoms with van der Waals surface area (Å²) in [7, 11) is 0. The Bertz CT molecular complexity index is 784. The molecule has 0 aliphatic carbocycles. The van der Waals surface area contributed by atoms with Crippen LogP contribution in [0.4, 0.5) is 5.69 Å². The quantitative estimate of drug-likeness (QED) is 0.751. The van der Waals surface area contributed by atoms with E-state index < -0.39 is 0 Å². The lowest BCUT2D eigenvalue weighted by Gasteiger charge is -2.34. The van der Waals surface area contributed by atoms with Crippen LogP contribution in [0.2, 0.25) is 0 Å². The molecule has 1 fully saturated rings. The summed E-state index contributed by atoms with van der Waals surface area (Å²) in [5, 5.41) is 1.21. The van der Waals surface area contributed by atoms with Crippen molar-refractivity contribution in [3.8, 4) is 0 Å². The van der Waals surface area contributed by atoms with E-state index >= 15 is 0 Å². The molecule has 1 aromatic carbocycles. The highest BCUT2D eigenvalue weighted by Gasteiger charge is 2.24. The van der Waals surface area contributed by atoms with Crippen molar-refractivity contribution in [1.82, 2.24) is 15.0 Å². The van der Waals surface area contributed by atoms with E-state index in [0.29, 0.717) is 5.92 Å². The van der Waals surface area contributed by atoms with E-state index in [1.54, 1.807) is 0 Å². The molecule has 0 bridgehead atoms. The number of aromatic amines is 1. The van der Waals surface area contributed by atoms with Gasteiger partial charge in [0.2, 0.25) is 0 Å². The number of halogens is 1. The first-order valence-electron chi connectivity index (χ1n) is 7.60. The van der Waals surface area contributed by atoms with Gasteiger partial charge in [-0.15, -0.1) is 0 Å². The number of benzene rings is 1. The smallest absolute Gasteiger partial charge is 0.110 e. The van der Waals surface area contributed by atoms with Crippen molar-refractivity contribution >= 4 is 32.5 Å². The molecule has 0 amide bonds. The van der Waals surface area contributed by atoms with Crippen molar-refractivity contribution in [2.45, 2.75) is 18.8 Å². The zero-order valence-electron chi connectivity index (χ0n) is 12.2. The van der Waals surface area contributed by atoms with Gasteiger partial charge in [-0.1, -0.05) is 15.9 Å². The second-order valence-electron chi connectivity index (χ2n) is 5.75. The van der Waals surface area contributed by atoms with Crippen molar-refractivity contribution in [2.24, 2.45) is 0 Å². The lowest BCUT2D eigenvalue weighted by Crippen LogP contribution is -2.34. The fourth-order valence-electron chi connectivity index (χ4n) is 3.30. The molecule has 4 rings (SSSR count). The number of H-pyrrole nitrogens is 1. The molecule has 1 unspecified atom stereocenters. The van der Waals surface area contributed by atoms with Gasteiger partial charge < -0.3 is 9.88 Å². The van der Waals surface area contributed by atoms with Crippen LogP contribution in [0, 0.1) is 0 Å².